The number of hydrogen-bond acceptors (Lipinski definition) is 9. The second-order valence-corrected chi connectivity index (χ2v) is 17.3. The van der Waals surface area contributed by atoms with Gasteiger partial charge in [0.2, 0.25) is 11.7 Å². The molecule has 2 aliphatic heterocycles. The van der Waals surface area contributed by atoms with Crippen molar-refractivity contribution in [2.45, 2.75) is 77.3 Å². The molecule has 0 radical (unpaired) electrons. The lowest BCUT2D eigenvalue weighted by molar-refractivity contribution is -0.120. The molecule has 4 N–H and O–H groups in total. The first kappa shape index (κ1) is 45.2. The van der Waals surface area contributed by atoms with Crippen LogP contribution >= 0.6 is 0 Å². The average molecular weight is 890 g/mol. The Morgan fingerprint density at radius 3 is 2.53 bits per heavy atom. The summed E-state index contributed by atoms with van der Waals surface area (Å²) < 4.78 is 11.0. The Labute approximate surface area is 383 Å². The third kappa shape index (κ3) is 9.81. The predicted molar refractivity (Wildman–Crippen MR) is 256 cm³/mol. The molecule has 3 aromatic heterocycles. The lowest BCUT2D eigenvalue weighted by Crippen LogP contribution is -2.35. The second kappa shape index (κ2) is 19.4. The van der Waals surface area contributed by atoms with Gasteiger partial charge in [-0.2, -0.15) is 0 Å². The Kier molecular flexibility index (Phi) is 13.3. The monoisotopic (exact) mass is 889 g/mol. The molecular formula is C51H55N9O6. The minimum Gasteiger partial charge on any atom is -0.493 e. The van der Waals surface area contributed by atoms with Crippen LogP contribution in [0.4, 0.5) is 17.2 Å². The number of rotatable bonds is 17. The number of amides is 3. The van der Waals surface area contributed by atoms with Crippen LogP contribution in [0.2, 0.25) is 0 Å². The Morgan fingerprint density at radius 2 is 1.74 bits per heavy atom. The zero-order valence-corrected chi connectivity index (χ0v) is 37.8. The number of aromatic nitrogens is 4. The molecule has 1 fully saturated rings. The fraction of sp³-hybridized carbons (Fsp3) is 0.314. The van der Waals surface area contributed by atoms with E-state index in [0.717, 1.165) is 58.0 Å². The number of ketones is 1. The molecule has 5 heterocycles. The molecule has 15 heteroatoms. The Morgan fingerprint density at radius 1 is 0.939 bits per heavy atom. The van der Waals surface area contributed by atoms with Gasteiger partial charge in [-0.3, -0.25) is 33.5 Å². The Bertz CT molecular complexity index is 2900. The molecule has 15 nitrogen and oxygen atoms in total. The van der Waals surface area contributed by atoms with E-state index in [1.54, 1.807) is 68.5 Å². The van der Waals surface area contributed by atoms with Crippen molar-refractivity contribution in [3.8, 4) is 16.9 Å². The molecule has 0 aliphatic carbocycles. The average Bonchev–Trinajstić information content (AvgIpc) is 4.08. The number of Topliss-reactive ketones (excluding diaryl/α,β-unsaturated/α-hetero) is 1. The summed E-state index contributed by atoms with van der Waals surface area (Å²) in [4.78, 5) is 76.7. The van der Waals surface area contributed by atoms with Gasteiger partial charge in [0.1, 0.15) is 11.4 Å². The van der Waals surface area contributed by atoms with Gasteiger partial charge in [-0.1, -0.05) is 56.5 Å². The van der Waals surface area contributed by atoms with Crippen molar-refractivity contribution < 1.29 is 28.7 Å². The van der Waals surface area contributed by atoms with Gasteiger partial charge in [-0.25, -0.2) is 4.98 Å². The van der Waals surface area contributed by atoms with Gasteiger partial charge >= 0.3 is 0 Å². The number of nitrogens with two attached hydrogens (primary N) is 1. The summed E-state index contributed by atoms with van der Waals surface area (Å²) in [5.41, 5.74) is 13.4. The summed E-state index contributed by atoms with van der Waals surface area (Å²) in [5.74, 6) is -0.0186. The van der Waals surface area contributed by atoms with Gasteiger partial charge in [-0.05, 0) is 85.3 Å². The number of anilines is 2. The standard InChI is InChI=1S/C51H55N9O6/c1-6-7-8-10-40(52)44(61)24-33-12-17-42-35(23-33)18-19-59(42)51(65)43-25-36(29-57(43)4)34-13-15-37(16-14-34)54-49(63)48-56-46(30-58(48)5)55-47(62)11-9-20-66-45-26-41-39(22-32(45)3)50(64)60-28-31(2)21-38(60)27-53-41/h12-19,22-23,25-27,29-30,38,40H,2,6-11,20-21,24,28,52H2,1,3-5H3,(H,54,63)(H,55,62)/t38-,40-/m0/s1. The van der Waals surface area contributed by atoms with E-state index in [1.807, 2.05) is 62.6 Å². The first-order valence-electron chi connectivity index (χ1n) is 22.4. The number of carbonyl (C=O) groups excluding carboxylic acids is 5. The van der Waals surface area contributed by atoms with Crippen molar-refractivity contribution in [2.24, 2.45) is 24.8 Å². The number of imidazole rings is 1. The summed E-state index contributed by atoms with van der Waals surface area (Å²) in [6, 6.07) is 19.7. The van der Waals surface area contributed by atoms with E-state index >= 15 is 0 Å². The first-order chi connectivity index (χ1) is 31.8. The largest absolute Gasteiger partial charge is 0.493 e. The normalized spacial score (nSPS) is 14.8. The van der Waals surface area contributed by atoms with Crippen LogP contribution in [0, 0.1) is 6.92 Å². The van der Waals surface area contributed by atoms with E-state index in [-0.39, 0.29) is 60.6 Å². The summed E-state index contributed by atoms with van der Waals surface area (Å²) in [7, 11) is 3.50. The highest BCUT2D eigenvalue weighted by Crippen LogP contribution is 2.35. The van der Waals surface area contributed by atoms with Gasteiger partial charge in [0.05, 0.1) is 35.5 Å². The lowest BCUT2D eigenvalue weighted by Gasteiger charge is -2.20. The van der Waals surface area contributed by atoms with Crippen molar-refractivity contribution in [2.75, 3.05) is 23.8 Å². The molecule has 0 unspecified atom stereocenters. The fourth-order valence-corrected chi connectivity index (χ4v) is 8.55. The van der Waals surface area contributed by atoms with Crippen molar-refractivity contribution >= 4 is 63.7 Å². The number of nitrogens with one attached hydrogen (secondary N) is 2. The minimum absolute atomic E-state index is 0.0204. The SMILES string of the molecule is C=C1C[C@H]2C=Nc3cc(OCCCC(=O)Nc4cn(C)c(C(=O)Nc5ccc(-c6cc(C(=O)n7ccc8cc(CC(=O)[C@@H](N)CCCCC)ccc87)n(C)c6)cc5)n4)c(C)cc3C(=O)N2C1. The second-order valence-electron chi connectivity index (χ2n) is 17.3. The van der Waals surface area contributed by atoms with Gasteiger partial charge in [0.25, 0.3) is 17.7 Å². The molecule has 0 spiro atoms. The topological polar surface area (TPSA) is 188 Å². The summed E-state index contributed by atoms with van der Waals surface area (Å²) in [6.45, 7) is 8.83. The Balaban J connectivity index is 0.822. The number of ether oxygens (including phenoxy) is 1. The zero-order valence-electron chi connectivity index (χ0n) is 37.8. The molecule has 6 aromatic rings. The maximum Gasteiger partial charge on any atom is 0.291 e. The molecule has 8 rings (SSSR count). The van der Waals surface area contributed by atoms with Crippen molar-refractivity contribution in [1.82, 2.24) is 23.6 Å². The van der Waals surface area contributed by atoms with E-state index in [2.05, 4.69) is 34.1 Å². The van der Waals surface area contributed by atoms with Crippen LogP contribution in [0.15, 0.2) is 102 Å². The van der Waals surface area contributed by atoms with Crippen molar-refractivity contribution in [3.05, 3.63) is 126 Å². The summed E-state index contributed by atoms with van der Waals surface area (Å²) >= 11 is 0. The maximum absolute atomic E-state index is 13.8. The number of aryl methyl sites for hydroxylation is 3. The van der Waals surface area contributed by atoms with Gasteiger partial charge < -0.3 is 35.1 Å². The fourth-order valence-electron chi connectivity index (χ4n) is 8.55. The highest BCUT2D eigenvalue weighted by Gasteiger charge is 2.34. The van der Waals surface area contributed by atoms with E-state index in [0.29, 0.717) is 54.2 Å². The molecule has 3 aromatic carbocycles. The van der Waals surface area contributed by atoms with Gasteiger partial charge in [-0.15, -0.1) is 0 Å². The molecule has 66 heavy (non-hydrogen) atoms. The van der Waals surface area contributed by atoms with Crippen LogP contribution in [-0.4, -0.2) is 84.4 Å². The van der Waals surface area contributed by atoms with Gasteiger partial charge in [0.15, 0.2) is 11.6 Å². The number of hydrogen-bond donors (Lipinski definition) is 3. The number of carbonyl (C=O) groups is 5. The number of benzene rings is 3. The quantitative estimate of drug-likeness (QED) is 0.0608. The molecule has 2 atom stereocenters. The van der Waals surface area contributed by atoms with Crippen molar-refractivity contribution in [3.63, 3.8) is 0 Å². The van der Waals surface area contributed by atoms with Crippen LogP contribution in [0.1, 0.15) is 94.5 Å². The van der Waals surface area contributed by atoms with Crippen LogP contribution < -0.4 is 21.1 Å². The number of nitrogens with zero attached hydrogens (tertiary/aromatic N) is 6. The van der Waals surface area contributed by atoms with E-state index < -0.39 is 11.9 Å². The molecule has 3 amide bonds. The smallest absolute Gasteiger partial charge is 0.291 e. The Hall–Kier alpha value is -7.39. The van der Waals surface area contributed by atoms with E-state index in [1.165, 1.54) is 0 Å². The van der Waals surface area contributed by atoms with Crippen LogP contribution in [0.3, 0.4) is 0 Å². The van der Waals surface area contributed by atoms with Crippen LogP contribution in [0.25, 0.3) is 22.0 Å². The third-order valence-electron chi connectivity index (χ3n) is 12.2. The molecule has 0 bridgehead atoms. The van der Waals surface area contributed by atoms with Crippen LogP contribution in [-0.2, 0) is 30.1 Å². The predicted octanol–water partition coefficient (Wildman–Crippen LogP) is 7.93. The highest BCUT2D eigenvalue weighted by atomic mass is 16.5. The number of fused-ring (bicyclic) bond motifs is 3. The summed E-state index contributed by atoms with van der Waals surface area (Å²) in [5, 5.41) is 6.50. The third-order valence-corrected chi connectivity index (χ3v) is 12.2. The molecular weight excluding hydrogens is 835 g/mol. The van der Waals surface area contributed by atoms with E-state index in [9.17, 15) is 24.0 Å². The maximum atomic E-state index is 13.8. The minimum atomic E-state index is -0.469. The summed E-state index contributed by atoms with van der Waals surface area (Å²) in [6.07, 6.45) is 12.3. The van der Waals surface area contributed by atoms with Crippen LogP contribution in [0.5, 0.6) is 5.75 Å². The van der Waals surface area contributed by atoms with E-state index in [4.69, 9.17) is 10.5 Å². The molecule has 1 saturated heterocycles. The lowest BCUT2D eigenvalue weighted by atomic mass is 9.99. The molecule has 340 valence electrons. The molecule has 2 aliphatic rings. The molecule has 0 saturated carbocycles. The zero-order chi connectivity index (χ0) is 46.6. The highest BCUT2D eigenvalue weighted by molar-refractivity contribution is 6.05. The number of aliphatic imine (C=N–C) groups is 1. The van der Waals surface area contributed by atoms with Crippen molar-refractivity contribution in [1.29, 1.82) is 0 Å². The number of unbranched alkanes of at least 4 members (excludes halogenated alkanes) is 2. The van der Waals surface area contributed by atoms with Gasteiger partial charge in [0, 0.05) is 81.0 Å². The first-order valence-corrected chi connectivity index (χ1v) is 22.4.